The molecular weight excluding hydrogens is 505 g/mol. The molecule has 0 spiro atoms. The van der Waals surface area contributed by atoms with Crippen molar-refractivity contribution in [3.8, 4) is 0 Å². The molecule has 3 rings (SSSR count). The van der Waals surface area contributed by atoms with E-state index in [4.69, 9.17) is 0 Å². The summed E-state index contributed by atoms with van der Waals surface area (Å²) < 4.78 is 2.22. The van der Waals surface area contributed by atoms with Crippen LogP contribution in [0.25, 0.3) is 0 Å². The number of halogens is 1. The van der Waals surface area contributed by atoms with E-state index in [-0.39, 0.29) is 29.4 Å². The summed E-state index contributed by atoms with van der Waals surface area (Å²) in [4.78, 5) is 10.3. The van der Waals surface area contributed by atoms with Crippen molar-refractivity contribution in [2.75, 3.05) is 13.6 Å². The number of hydrogen-bond acceptors (Lipinski definition) is 3. The van der Waals surface area contributed by atoms with Crippen molar-refractivity contribution in [1.82, 2.24) is 20.2 Å². The number of benzene rings is 1. The van der Waals surface area contributed by atoms with Gasteiger partial charge in [0, 0.05) is 42.8 Å². The number of aryl methyl sites for hydroxylation is 2. The maximum Gasteiger partial charge on any atom is 0.191 e. The number of hydrogen-bond donors (Lipinski definition) is 2. The SMILES string of the molecule is CN=C(NCc1nccn1CCCc1ccccc1)NCC(C)(C)c1cccs1.I. The molecule has 0 saturated carbocycles. The Labute approximate surface area is 201 Å². The predicted octanol–water partition coefficient (Wildman–Crippen LogP) is 4.84. The molecule has 2 aromatic heterocycles. The van der Waals surface area contributed by atoms with Crippen LogP contribution in [-0.2, 0) is 24.9 Å². The number of thiophene rings is 1. The van der Waals surface area contributed by atoms with Gasteiger partial charge in [0.05, 0.1) is 6.54 Å². The van der Waals surface area contributed by atoms with Gasteiger partial charge in [0.1, 0.15) is 5.82 Å². The normalized spacial score (nSPS) is 11.8. The maximum absolute atomic E-state index is 4.52. The largest absolute Gasteiger partial charge is 0.356 e. The number of rotatable bonds is 9. The third-order valence-electron chi connectivity index (χ3n) is 5.03. The summed E-state index contributed by atoms with van der Waals surface area (Å²) in [6.45, 7) is 6.93. The van der Waals surface area contributed by atoms with Gasteiger partial charge in [-0.3, -0.25) is 4.99 Å². The molecule has 0 unspecified atom stereocenters. The van der Waals surface area contributed by atoms with E-state index < -0.39 is 0 Å². The third kappa shape index (κ3) is 7.12. The fraction of sp³-hybridized carbons (Fsp3) is 0.391. The molecule has 2 heterocycles. The summed E-state index contributed by atoms with van der Waals surface area (Å²) in [6.07, 6.45) is 6.09. The van der Waals surface area contributed by atoms with E-state index in [1.165, 1.54) is 10.4 Å². The van der Waals surface area contributed by atoms with E-state index in [0.717, 1.165) is 37.7 Å². The van der Waals surface area contributed by atoms with Crippen LogP contribution < -0.4 is 10.6 Å². The zero-order chi connectivity index (χ0) is 20.5. The molecule has 3 aromatic rings. The lowest BCUT2D eigenvalue weighted by atomic mass is 9.91. The number of nitrogens with zero attached hydrogens (tertiary/aromatic N) is 3. The summed E-state index contributed by atoms with van der Waals surface area (Å²) in [7, 11) is 1.81. The van der Waals surface area contributed by atoms with Gasteiger partial charge >= 0.3 is 0 Å². The average molecular weight is 538 g/mol. The number of nitrogens with one attached hydrogen (secondary N) is 2. The second-order valence-corrected chi connectivity index (χ2v) is 8.71. The van der Waals surface area contributed by atoms with Crippen LogP contribution >= 0.6 is 35.3 Å². The van der Waals surface area contributed by atoms with Crippen LogP contribution in [0.5, 0.6) is 0 Å². The first-order valence-electron chi connectivity index (χ1n) is 10.1. The number of aromatic nitrogens is 2. The van der Waals surface area contributed by atoms with E-state index in [9.17, 15) is 0 Å². The summed E-state index contributed by atoms with van der Waals surface area (Å²) in [5, 5.41) is 8.98. The standard InChI is InChI=1S/C23H31N5S.HI/c1-23(2,20-12-8-16-29-20)18-27-22(24-3)26-17-21-25-13-15-28(21)14-7-11-19-9-5-4-6-10-19;/h4-6,8-10,12-13,15-16H,7,11,14,17-18H2,1-3H3,(H2,24,26,27);1H. The Balaban J connectivity index is 0.00000320. The third-order valence-corrected chi connectivity index (χ3v) is 6.27. The molecule has 162 valence electrons. The van der Waals surface area contributed by atoms with E-state index in [0.29, 0.717) is 6.54 Å². The Morgan fingerprint density at radius 1 is 1.13 bits per heavy atom. The van der Waals surface area contributed by atoms with Crippen molar-refractivity contribution in [2.24, 2.45) is 4.99 Å². The molecule has 0 aliphatic rings. The molecule has 0 fully saturated rings. The van der Waals surface area contributed by atoms with Crippen molar-refractivity contribution in [2.45, 2.75) is 45.2 Å². The molecule has 0 aliphatic carbocycles. The van der Waals surface area contributed by atoms with Gasteiger partial charge in [-0.2, -0.15) is 0 Å². The van der Waals surface area contributed by atoms with E-state index in [1.54, 1.807) is 18.4 Å². The van der Waals surface area contributed by atoms with Crippen molar-refractivity contribution in [3.63, 3.8) is 0 Å². The van der Waals surface area contributed by atoms with E-state index in [1.807, 2.05) is 6.20 Å². The minimum absolute atomic E-state index is 0. The van der Waals surface area contributed by atoms with E-state index >= 15 is 0 Å². The molecule has 2 N–H and O–H groups in total. The monoisotopic (exact) mass is 537 g/mol. The predicted molar refractivity (Wildman–Crippen MR) is 138 cm³/mol. The molecule has 0 bridgehead atoms. The van der Waals surface area contributed by atoms with Crippen LogP contribution in [-0.4, -0.2) is 29.1 Å². The average Bonchev–Trinajstić information content (AvgIpc) is 3.42. The molecular formula is C23H32IN5S. The topological polar surface area (TPSA) is 54.2 Å². The minimum atomic E-state index is 0. The van der Waals surface area contributed by atoms with Gasteiger partial charge in [0.2, 0.25) is 0 Å². The van der Waals surface area contributed by atoms with Gasteiger partial charge < -0.3 is 15.2 Å². The molecule has 0 radical (unpaired) electrons. The lowest BCUT2D eigenvalue weighted by molar-refractivity contribution is 0.517. The summed E-state index contributed by atoms with van der Waals surface area (Å²) in [6, 6.07) is 14.9. The molecule has 30 heavy (non-hydrogen) atoms. The zero-order valence-corrected chi connectivity index (χ0v) is 21.1. The fourth-order valence-electron chi connectivity index (χ4n) is 3.25. The summed E-state index contributed by atoms with van der Waals surface area (Å²) >= 11 is 1.79. The van der Waals surface area contributed by atoms with Crippen molar-refractivity contribution < 1.29 is 0 Å². The van der Waals surface area contributed by atoms with Crippen LogP contribution in [0.1, 0.15) is 36.5 Å². The first-order valence-corrected chi connectivity index (χ1v) is 11.0. The lowest BCUT2D eigenvalue weighted by Gasteiger charge is -2.25. The molecule has 0 saturated heterocycles. The second kappa shape index (κ2) is 12.1. The Hall–Kier alpha value is -1.87. The molecule has 0 amide bonds. The number of guanidine groups is 1. The Morgan fingerprint density at radius 2 is 1.93 bits per heavy atom. The minimum Gasteiger partial charge on any atom is -0.356 e. The molecule has 0 atom stereocenters. The summed E-state index contributed by atoms with van der Waals surface area (Å²) in [5.74, 6) is 1.83. The van der Waals surface area contributed by atoms with Crippen molar-refractivity contribution >= 4 is 41.3 Å². The quantitative estimate of drug-likeness (QED) is 0.234. The van der Waals surface area contributed by atoms with Crippen molar-refractivity contribution in [1.29, 1.82) is 0 Å². The molecule has 7 heteroatoms. The van der Waals surface area contributed by atoms with Gasteiger partial charge in [-0.15, -0.1) is 35.3 Å². The highest BCUT2D eigenvalue weighted by Gasteiger charge is 2.22. The number of imidazole rings is 1. The van der Waals surface area contributed by atoms with Crippen LogP contribution in [0, 0.1) is 0 Å². The highest BCUT2D eigenvalue weighted by atomic mass is 127. The Bertz CT molecular complexity index is 887. The number of aliphatic imine (C=N–C) groups is 1. The first kappa shape index (κ1) is 24.4. The van der Waals surface area contributed by atoms with Gasteiger partial charge in [0.25, 0.3) is 0 Å². The van der Waals surface area contributed by atoms with Gasteiger partial charge in [-0.05, 0) is 29.9 Å². The second-order valence-electron chi connectivity index (χ2n) is 7.77. The smallest absolute Gasteiger partial charge is 0.191 e. The van der Waals surface area contributed by atoms with Gasteiger partial charge in [-0.1, -0.05) is 50.2 Å². The van der Waals surface area contributed by atoms with Crippen LogP contribution in [0.2, 0.25) is 0 Å². The molecule has 1 aromatic carbocycles. The van der Waals surface area contributed by atoms with Crippen LogP contribution in [0.15, 0.2) is 65.2 Å². The van der Waals surface area contributed by atoms with Crippen molar-refractivity contribution in [3.05, 3.63) is 76.5 Å². The highest BCUT2D eigenvalue weighted by molar-refractivity contribution is 14.0. The Morgan fingerprint density at radius 3 is 2.63 bits per heavy atom. The zero-order valence-electron chi connectivity index (χ0n) is 18.0. The highest BCUT2D eigenvalue weighted by Crippen LogP contribution is 2.26. The first-order chi connectivity index (χ1) is 14.1. The summed E-state index contributed by atoms with van der Waals surface area (Å²) in [5.41, 5.74) is 1.44. The maximum atomic E-state index is 4.52. The lowest BCUT2D eigenvalue weighted by Crippen LogP contribution is -2.43. The molecule has 0 aliphatic heterocycles. The molecule has 5 nitrogen and oxygen atoms in total. The van der Waals surface area contributed by atoms with Gasteiger partial charge in [-0.25, -0.2) is 4.98 Å². The van der Waals surface area contributed by atoms with Crippen LogP contribution in [0.3, 0.4) is 0 Å². The fourth-order valence-corrected chi connectivity index (χ4v) is 4.10. The van der Waals surface area contributed by atoms with Crippen LogP contribution in [0.4, 0.5) is 0 Å². The van der Waals surface area contributed by atoms with E-state index in [2.05, 4.69) is 93.1 Å². The van der Waals surface area contributed by atoms with Gasteiger partial charge in [0.15, 0.2) is 5.96 Å². The Kier molecular flexibility index (Phi) is 9.84.